The number of carbonyl (C=O) groups is 4. The summed E-state index contributed by atoms with van der Waals surface area (Å²) in [4.78, 5) is 41.9. The van der Waals surface area contributed by atoms with E-state index in [-0.39, 0.29) is 17.5 Å². The second-order valence-corrected chi connectivity index (χ2v) is 8.90. The maximum absolute atomic E-state index is 13.2. The first-order chi connectivity index (χ1) is 18.2. The van der Waals surface area contributed by atoms with Crippen LogP contribution in [0, 0.1) is 16.7 Å². The summed E-state index contributed by atoms with van der Waals surface area (Å²) in [5.74, 6) is -0.583. The fourth-order valence-electron chi connectivity index (χ4n) is 3.50. The Balaban J connectivity index is 0.00000213. The minimum atomic E-state index is -0.691. The molecule has 1 aromatic heterocycles. The van der Waals surface area contributed by atoms with Gasteiger partial charge in [-0.25, -0.2) is 0 Å². The number of nitriles is 1. The number of hydrogen-bond acceptors (Lipinski definition) is 6. The monoisotopic (exact) mass is 521 g/mol. The number of nitrogens with one attached hydrogen (secondary N) is 2. The average Bonchev–Trinajstić information content (AvgIpc) is 3.31. The molecule has 2 N–H and O–H groups in total. The maximum Gasteiger partial charge on any atom is 0.273 e. The average molecular weight is 522 g/mol. The van der Waals surface area contributed by atoms with Crippen molar-refractivity contribution in [3.05, 3.63) is 65.4 Å². The van der Waals surface area contributed by atoms with Gasteiger partial charge >= 0.3 is 0 Å². The Morgan fingerprint density at radius 2 is 1.61 bits per heavy atom. The number of fused-ring (bicyclic) bond motifs is 1. The molecule has 2 aromatic carbocycles. The summed E-state index contributed by atoms with van der Waals surface area (Å²) >= 11 is 0. The Bertz CT molecular complexity index is 1190. The molecule has 9 nitrogen and oxygen atoms in total. The van der Waals surface area contributed by atoms with E-state index >= 15 is 0 Å². The minimum Gasteiger partial charge on any atom is -0.354 e. The molecule has 0 spiro atoms. The molecule has 2 amide bonds. The lowest BCUT2D eigenvalue weighted by Gasteiger charge is -2.30. The standard InChI is InChI=1S/C25H29N5O2.C2H6.2CH2O/c1-5-14-27-24(32)22(25(2,3)4)28-23(31)21-19-8-6-7-9-20(19)30(29-21)16-18-12-10-17(15-26)11-13-18;3*1-2/h6-13,22H,5,14,16H2,1-4H3,(H,27,32)(H,28,31);1-2H3;2*1H2/t22-;;;/m1.../s1. The Morgan fingerprint density at radius 1 is 1.03 bits per heavy atom. The number of aromatic nitrogens is 2. The minimum absolute atomic E-state index is 0.200. The van der Waals surface area contributed by atoms with Gasteiger partial charge in [0.15, 0.2) is 5.69 Å². The van der Waals surface area contributed by atoms with Crippen molar-refractivity contribution in [2.75, 3.05) is 6.54 Å². The van der Waals surface area contributed by atoms with Crippen molar-refractivity contribution in [1.29, 1.82) is 5.26 Å². The second-order valence-electron chi connectivity index (χ2n) is 8.90. The molecule has 0 saturated heterocycles. The number of nitrogens with zero attached hydrogens (tertiary/aromatic N) is 3. The van der Waals surface area contributed by atoms with Gasteiger partial charge in [0, 0.05) is 11.9 Å². The molecule has 0 fully saturated rings. The van der Waals surface area contributed by atoms with E-state index < -0.39 is 11.5 Å². The zero-order valence-corrected chi connectivity index (χ0v) is 23.2. The van der Waals surface area contributed by atoms with Crippen LogP contribution in [0.25, 0.3) is 10.9 Å². The fourth-order valence-corrected chi connectivity index (χ4v) is 3.50. The lowest BCUT2D eigenvalue weighted by molar-refractivity contribution is -0.125. The van der Waals surface area contributed by atoms with E-state index in [4.69, 9.17) is 14.9 Å². The van der Waals surface area contributed by atoms with Gasteiger partial charge in [-0.2, -0.15) is 10.4 Å². The van der Waals surface area contributed by atoms with Gasteiger partial charge in [0.25, 0.3) is 5.91 Å². The first-order valence-electron chi connectivity index (χ1n) is 12.4. The fraction of sp³-hybridized carbons (Fsp3) is 0.379. The highest BCUT2D eigenvalue weighted by Crippen LogP contribution is 2.23. The van der Waals surface area contributed by atoms with Crippen LogP contribution in [-0.2, 0) is 20.9 Å². The summed E-state index contributed by atoms with van der Waals surface area (Å²) in [6, 6.07) is 16.2. The van der Waals surface area contributed by atoms with Crippen LogP contribution in [0.1, 0.15) is 69.6 Å². The SMILES string of the molecule is C=O.C=O.CC.CCCNC(=O)[C@@H](NC(=O)c1nn(Cc2ccc(C#N)cc2)c2ccccc12)C(C)(C)C. The molecule has 0 radical (unpaired) electrons. The molecule has 1 atom stereocenters. The normalized spacial score (nSPS) is 10.7. The Kier molecular flexibility index (Phi) is 15.2. The van der Waals surface area contributed by atoms with E-state index in [1.807, 2.05) is 91.5 Å². The van der Waals surface area contributed by atoms with Crippen LogP contribution in [0.3, 0.4) is 0 Å². The molecule has 0 unspecified atom stereocenters. The van der Waals surface area contributed by atoms with E-state index in [2.05, 4.69) is 21.8 Å². The van der Waals surface area contributed by atoms with Crippen LogP contribution in [0.15, 0.2) is 48.5 Å². The zero-order chi connectivity index (χ0) is 29.3. The quantitative estimate of drug-likeness (QED) is 0.477. The largest absolute Gasteiger partial charge is 0.354 e. The van der Waals surface area contributed by atoms with Crippen molar-refractivity contribution < 1.29 is 19.2 Å². The molecule has 0 saturated carbocycles. The van der Waals surface area contributed by atoms with Gasteiger partial charge in [0.2, 0.25) is 5.91 Å². The first-order valence-corrected chi connectivity index (χ1v) is 12.4. The highest BCUT2D eigenvalue weighted by molar-refractivity contribution is 6.06. The van der Waals surface area contributed by atoms with Crippen molar-refractivity contribution in [2.45, 2.75) is 60.5 Å². The van der Waals surface area contributed by atoms with Crippen molar-refractivity contribution >= 4 is 36.3 Å². The van der Waals surface area contributed by atoms with Crippen LogP contribution < -0.4 is 10.6 Å². The Hall–Kier alpha value is -4.32. The molecular formula is C29H39N5O4. The summed E-state index contributed by atoms with van der Waals surface area (Å²) in [6.07, 6.45) is 0.820. The third-order valence-corrected chi connectivity index (χ3v) is 5.24. The molecule has 0 bridgehead atoms. The number of rotatable bonds is 7. The third-order valence-electron chi connectivity index (χ3n) is 5.24. The van der Waals surface area contributed by atoms with Gasteiger partial charge in [0.1, 0.15) is 19.6 Å². The summed E-state index contributed by atoms with van der Waals surface area (Å²) in [5.41, 5.74) is 2.20. The zero-order valence-electron chi connectivity index (χ0n) is 23.2. The summed E-state index contributed by atoms with van der Waals surface area (Å²) in [6.45, 7) is 16.8. The Labute approximate surface area is 225 Å². The van der Waals surface area contributed by atoms with Gasteiger partial charge < -0.3 is 20.2 Å². The lowest BCUT2D eigenvalue weighted by atomic mass is 9.86. The van der Waals surface area contributed by atoms with Gasteiger partial charge in [-0.1, -0.05) is 71.9 Å². The van der Waals surface area contributed by atoms with E-state index in [1.54, 1.807) is 16.8 Å². The molecule has 38 heavy (non-hydrogen) atoms. The van der Waals surface area contributed by atoms with Gasteiger partial charge in [-0.15, -0.1) is 0 Å². The van der Waals surface area contributed by atoms with Crippen LogP contribution in [0.5, 0.6) is 0 Å². The van der Waals surface area contributed by atoms with Gasteiger partial charge in [-0.3, -0.25) is 14.3 Å². The second kappa shape index (κ2) is 17.2. The molecule has 3 aromatic rings. The van der Waals surface area contributed by atoms with Crippen LogP contribution in [0.4, 0.5) is 0 Å². The van der Waals surface area contributed by atoms with Crippen LogP contribution in [0.2, 0.25) is 0 Å². The highest BCUT2D eigenvalue weighted by atomic mass is 16.2. The molecule has 0 aliphatic heterocycles. The first kappa shape index (κ1) is 33.7. The van der Waals surface area contributed by atoms with Gasteiger partial charge in [-0.05, 0) is 35.6 Å². The van der Waals surface area contributed by atoms with E-state index in [1.165, 1.54) is 0 Å². The van der Waals surface area contributed by atoms with E-state index in [0.717, 1.165) is 22.9 Å². The number of amides is 2. The predicted octanol–water partition coefficient (Wildman–Crippen LogP) is 4.28. The molecule has 0 aliphatic rings. The summed E-state index contributed by atoms with van der Waals surface area (Å²) < 4.78 is 1.77. The smallest absolute Gasteiger partial charge is 0.273 e. The molecule has 204 valence electrons. The number of carbonyl (C=O) groups excluding carboxylic acids is 4. The van der Waals surface area contributed by atoms with Crippen LogP contribution in [-0.4, -0.2) is 47.8 Å². The molecule has 1 heterocycles. The van der Waals surface area contributed by atoms with E-state index in [9.17, 15) is 9.59 Å². The molecule has 3 rings (SSSR count). The van der Waals surface area contributed by atoms with Crippen molar-refractivity contribution in [2.24, 2.45) is 5.41 Å². The number of benzene rings is 2. The van der Waals surface area contributed by atoms with Crippen molar-refractivity contribution in [3.8, 4) is 6.07 Å². The maximum atomic E-state index is 13.2. The van der Waals surface area contributed by atoms with Crippen molar-refractivity contribution in [1.82, 2.24) is 20.4 Å². The lowest BCUT2D eigenvalue weighted by Crippen LogP contribution is -2.53. The Morgan fingerprint density at radius 3 is 2.13 bits per heavy atom. The third kappa shape index (κ3) is 9.28. The number of para-hydroxylation sites is 1. The summed E-state index contributed by atoms with van der Waals surface area (Å²) in [7, 11) is 0. The summed E-state index contributed by atoms with van der Waals surface area (Å²) in [5, 5.41) is 20.1. The topological polar surface area (TPSA) is 134 Å². The van der Waals surface area contributed by atoms with Gasteiger partial charge in [0.05, 0.1) is 23.7 Å². The predicted molar refractivity (Wildman–Crippen MR) is 150 cm³/mol. The van der Waals surface area contributed by atoms with Crippen molar-refractivity contribution in [3.63, 3.8) is 0 Å². The molecular weight excluding hydrogens is 482 g/mol. The molecule has 0 aliphatic carbocycles. The van der Waals surface area contributed by atoms with Crippen LogP contribution >= 0.6 is 0 Å². The molecule has 9 heteroatoms. The highest BCUT2D eigenvalue weighted by Gasteiger charge is 2.33. The number of hydrogen-bond donors (Lipinski definition) is 2. The van der Waals surface area contributed by atoms with E-state index in [0.29, 0.717) is 18.7 Å².